The van der Waals surface area contributed by atoms with Gasteiger partial charge in [0.25, 0.3) is 11.8 Å². The topological polar surface area (TPSA) is 150 Å². The summed E-state index contributed by atoms with van der Waals surface area (Å²) in [6.45, 7) is 16.5. The minimum absolute atomic E-state index is 0.369. The highest BCUT2D eigenvalue weighted by molar-refractivity contribution is 6.35. The van der Waals surface area contributed by atoms with Crippen LogP contribution in [0.2, 0.25) is 0 Å². The summed E-state index contributed by atoms with van der Waals surface area (Å²) in [5, 5.41) is 12.2. The molecule has 562 valence electrons. The number of fused-ring (bicyclic) bond motifs is 7. The molecule has 7 aromatic carbocycles. The second-order valence-electron chi connectivity index (χ2n) is 27.8. The van der Waals surface area contributed by atoms with Crippen LogP contribution in [0.5, 0.6) is 57.5 Å². The minimum atomic E-state index is -0.369. The number of amides is 2. The first-order chi connectivity index (χ1) is 50.1. The first-order valence-electron chi connectivity index (χ1n) is 40.0. The summed E-state index contributed by atoms with van der Waals surface area (Å²) in [4.78, 5) is 31.2. The van der Waals surface area contributed by atoms with Gasteiger partial charge in [0.1, 0.15) is 11.5 Å². The van der Waals surface area contributed by atoms with Crippen LogP contribution in [0.25, 0.3) is 43.1 Å². The van der Waals surface area contributed by atoms with Crippen molar-refractivity contribution in [3.05, 3.63) is 83.9 Å². The van der Waals surface area contributed by atoms with Gasteiger partial charge in [-0.05, 0) is 96.5 Å². The molecule has 0 radical (unpaired) electrons. The Bertz CT molecular complexity index is 3310. The van der Waals surface area contributed by atoms with Crippen LogP contribution < -0.4 is 58.0 Å². The van der Waals surface area contributed by atoms with Gasteiger partial charge in [0.15, 0.2) is 34.5 Å². The molecule has 0 spiro atoms. The second kappa shape index (κ2) is 47.0. The number of rotatable bonds is 56. The number of nitrogens with one attached hydrogen (secondary N) is 2. The van der Waals surface area contributed by atoms with Crippen LogP contribution in [-0.4, -0.2) is 79.9 Å². The molecule has 14 nitrogen and oxygen atoms in total. The number of ether oxygens (including phenoxy) is 10. The summed E-state index contributed by atoms with van der Waals surface area (Å²) in [6, 6.07) is 22.9. The van der Waals surface area contributed by atoms with E-state index in [0.717, 1.165) is 124 Å². The Balaban J connectivity index is 1.34. The van der Waals surface area contributed by atoms with Crippen molar-refractivity contribution < 1.29 is 57.0 Å². The quantitative estimate of drug-likeness (QED) is 0.0276. The zero-order chi connectivity index (χ0) is 72.5. The second-order valence-corrected chi connectivity index (χ2v) is 27.8. The van der Waals surface area contributed by atoms with Crippen molar-refractivity contribution in [3.63, 3.8) is 0 Å². The Labute approximate surface area is 613 Å². The lowest BCUT2D eigenvalue weighted by Gasteiger charge is -2.22. The molecule has 0 aliphatic rings. The van der Waals surface area contributed by atoms with Gasteiger partial charge in [0.2, 0.25) is 11.5 Å². The summed E-state index contributed by atoms with van der Waals surface area (Å²) in [7, 11) is 6.47. The van der Waals surface area contributed by atoms with Crippen molar-refractivity contribution >= 4 is 66.3 Å². The molecule has 0 aliphatic carbocycles. The SMILES string of the molecule is CCCCCCCCOc1cc(NC(=O)c2cc3c(OC)c(OC)c4cc(C(=O)Nc5cc(OCCCCCCCC)c(OCCCCCCCC)c(OCCCCCCCC)c5)c5cc(OC)ccc5c4c3c3ccc(OC)cc23)cc(OCCCCCCCC)c1OCCCCCCCC. The minimum Gasteiger partial charge on any atom is -0.497 e. The maximum absolute atomic E-state index is 15.6. The van der Waals surface area contributed by atoms with Gasteiger partial charge in [0.05, 0.1) is 68.1 Å². The maximum atomic E-state index is 15.6. The van der Waals surface area contributed by atoms with E-state index in [1.807, 2.05) is 72.8 Å². The van der Waals surface area contributed by atoms with Gasteiger partial charge in [-0.1, -0.05) is 246 Å². The standard InChI is InChI=1S/C88H128N2O12/c1-11-17-23-29-35-41-51-97-77-57-65(58-78(98-52-42-36-30-24-18-12-2)85(77)101-55-45-39-33-27-21-15-5)89-87(91)73-63-75-81(69-49-47-67(93-7)61-71(69)73)82-70-50-48-68(94-8)62-72(70)74(64-76(82)84(96-10)83(75)95-9)88(92)90-66-59-79(99-53-43-37-31-25-19-13-3)86(102-56-46-40-34-28-22-16-6)80(60-66)100-54-44-38-32-26-20-14-4/h47-50,57-64H,11-46,51-56H2,1-10H3,(H,89,91)(H,90,92). The largest absolute Gasteiger partial charge is 0.497 e. The van der Waals surface area contributed by atoms with Crippen LogP contribution in [0.1, 0.15) is 293 Å². The highest BCUT2D eigenvalue weighted by Crippen LogP contribution is 2.51. The predicted molar refractivity (Wildman–Crippen MR) is 425 cm³/mol. The van der Waals surface area contributed by atoms with E-state index < -0.39 is 0 Å². The fraction of sp³-hybridized carbons (Fsp3) is 0.591. The zero-order valence-corrected chi connectivity index (χ0v) is 64.5. The normalized spacial score (nSPS) is 11.4. The molecule has 102 heavy (non-hydrogen) atoms. The van der Waals surface area contributed by atoms with Crippen molar-refractivity contribution in [2.45, 2.75) is 273 Å². The van der Waals surface area contributed by atoms with Gasteiger partial charge in [-0.15, -0.1) is 0 Å². The van der Waals surface area contributed by atoms with Crippen LogP contribution in [0.4, 0.5) is 11.4 Å². The fourth-order valence-corrected chi connectivity index (χ4v) is 13.8. The molecule has 2 amide bonds. The molecule has 14 heteroatoms. The lowest BCUT2D eigenvalue weighted by molar-refractivity contribution is 0.102. The van der Waals surface area contributed by atoms with Crippen molar-refractivity contribution in [1.29, 1.82) is 0 Å². The highest BCUT2D eigenvalue weighted by Gasteiger charge is 2.28. The van der Waals surface area contributed by atoms with Crippen molar-refractivity contribution in [1.82, 2.24) is 0 Å². The number of hydrogen-bond acceptors (Lipinski definition) is 12. The molecule has 0 atom stereocenters. The number of hydrogen-bond donors (Lipinski definition) is 2. The Hall–Kier alpha value is -7.48. The van der Waals surface area contributed by atoms with E-state index in [9.17, 15) is 0 Å². The number of carbonyl (C=O) groups excluding carboxylic acids is 2. The summed E-state index contributed by atoms with van der Waals surface area (Å²) in [6.07, 6.45) is 40.5. The van der Waals surface area contributed by atoms with E-state index in [1.54, 1.807) is 28.4 Å². The average molecular weight is 1410 g/mol. The van der Waals surface area contributed by atoms with Crippen molar-refractivity contribution in [2.75, 3.05) is 78.7 Å². The van der Waals surface area contributed by atoms with Crippen LogP contribution in [-0.2, 0) is 0 Å². The molecular weight excluding hydrogens is 1280 g/mol. The Morgan fingerprint density at radius 2 is 0.520 bits per heavy atom. The van der Waals surface area contributed by atoms with E-state index in [4.69, 9.17) is 47.4 Å². The monoisotopic (exact) mass is 1400 g/mol. The molecule has 0 aromatic heterocycles. The Kier molecular flexibility index (Phi) is 37.7. The molecule has 0 bridgehead atoms. The van der Waals surface area contributed by atoms with Crippen LogP contribution in [0.3, 0.4) is 0 Å². The summed E-state index contributed by atoms with van der Waals surface area (Å²) >= 11 is 0. The fourth-order valence-electron chi connectivity index (χ4n) is 13.8. The molecule has 0 unspecified atom stereocenters. The van der Waals surface area contributed by atoms with Gasteiger partial charge >= 0.3 is 0 Å². The molecule has 0 saturated heterocycles. The third-order valence-corrected chi connectivity index (χ3v) is 19.6. The Morgan fingerprint density at radius 1 is 0.265 bits per heavy atom. The van der Waals surface area contributed by atoms with Gasteiger partial charge in [-0.3, -0.25) is 9.59 Å². The van der Waals surface area contributed by atoms with Gasteiger partial charge in [-0.25, -0.2) is 0 Å². The third kappa shape index (κ3) is 24.9. The Morgan fingerprint density at radius 3 is 0.775 bits per heavy atom. The number of methoxy groups -OCH3 is 4. The van der Waals surface area contributed by atoms with E-state index in [0.29, 0.717) is 141 Å². The summed E-state index contributed by atoms with van der Waals surface area (Å²) in [5.41, 5.74) is 1.76. The number of benzene rings is 7. The third-order valence-electron chi connectivity index (χ3n) is 19.6. The number of carbonyl (C=O) groups is 2. The maximum Gasteiger partial charge on any atom is 0.256 e. The first kappa shape index (κ1) is 81.8. The molecule has 0 saturated carbocycles. The number of unbranched alkanes of at least 4 members (excludes halogenated alkanes) is 30. The van der Waals surface area contributed by atoms with Gasteiger partial charge < -0.3 is 58.0 Å². The molecule has 2 N–H and O–H groups in total. The molecule has 0 aliphatic heterocycles. The molecule has 0 heterocycles. The lowest BCUT2D eigenvalue weighted by Crippen LogP contribution is -2.14. The zero-order valence-electron chi connectivity index (χ0n) is 64.5. The van der Waals surface area contributed by atoms with Crippen molar-refractivity contribution in [2.24, 2.45) is 0 Å². The average Bonchev–Trinajstić information content (AvgIpc) is 0.707. The van der Waals surface area contributed by atoms with E-state index in [-0.39, 0.29) is 11.8 Å². The van der Waals surface area contributed by atoms with Gasteiger partial charge in [-0.2, -0.15) is 0 Å². The first-order valence-corrected chi connectivity index (χ1v) is 40.0. The van der Waals surface area contributed by atoms with Crippen molar-refractivity contribution in [3.8, 4) is 57.5 Å². The van der Waals surface area contributed by atoms with E-state index >= 15 is 9.59 Å². The smallest absolute Gasteiger partial charge is 0.256 e. The number of anilines is 2. The predicted octanol–water partition coefficient (Wildman–Crippen LogP) is 25.3. The summed E-state index contributed by atoms with van der Waals surface area (Å²) in [5.74, 6) is 4.51. The van der Waals surface area contributed by atoms with Crippen LogP contribution in [0.15, 0.2) is 72.8 Å². The van der Waals surface area contributed by atoms with Gasteiger partial charge in [0, 0.05) is 68.3 Å². The molecular formula is C88H128N2O12. The van der Waals surface area contributed by atoms with E-state index in [2.05, 4.69) is 52.2 Å². The van der Waals surface area contributed by atoms with Crippen LogP contribution in [0, 0.1) is 0 Å². The molecule has 0 fully saturated rings. The van der Waals surface area contributed by atoms with Crippen LogP contribution >= 0.6 is 0 Å². The highest BCUT2D eigenvalue weighted by atomic mass is 16.6. The lowest BCUT2D eigenvalue weighted by atomic mass is 9.87. The molecule has 7 aromatic rings. The summed E-state index contributed by atoms with van der Waals surface area (Å²) < 4.78 is 64.9. The van der Waals surface area contributed by atoms with E-state index in [1.165, 1.54) is 128 Å². The molecule has 7 rings (SSSR count).